The average molecular weight is 366 g/mol. The van der Waals surface area contributed by atoms with E-state index in [0.717, 1.165) is 57.3 Å². The lowest BCUT2D eigenvalue weighted by atomic mass is 10.1. The third-order valence-corrected chi connectivity index (χ3v) is 6.06. The number of halogens is 1. The molecule has 7 heteroatoms. The molecule has 1 aliphatic rings. The third-order valence-electron chi connectivity index (χ3n) is 4.39. The lowest BCUT2D eigenvalue weighted by Crippen LogP contribution is -2.30. The summed E-state index contributed by atoms with van der Waals surface area (Å²) in [6, 6.07) is 4.83. The van der Waals surface area contributed by atoms with Crippen LogP contribution in [0.3, 0.4) is 0 Å². The van der Waals surface area contributed by atoms with E-state index >= 15 is 0 Å². The minimum atomic E-state index is -3.85. The number of benzene rings is 1. The van der Waals surface area contributed by atoms with E-state index < -0.39 is 15.7 Å². The van der Waals surface area contributed by atoms with Crippen molar-refractivity contribution in [1.82, 2.24) is 4.98 Å². The molecule has 136 valence electrons. The van der Waals surface area contributed by atoms with Gasteiger partial charge in [0.2, 0.25) is 20.7 Å². The molecule has 25 heavy (non-hydrogen) atoms. The van der Waals surface area contributed by atoms with Gasteiger partial charge in [-0.25, -0.2) is 12.8 Å². The molecule has 2 aromatic rings. The molecule has 0 saturated carbocycles. The highest BCUT2D eigenvalue weighted by atomic mass is 32.2. The van der Waals surface area contributed by atoms with Gasteiger partial charge in [0.25, 0.3) is 0 Å². The summed E-state index contributed by atoms with van der Waals surface area (Å²) < 4.78 is 45.1. The van der Waals surface area contributed by atoms with E-state index in [1.807, 2.05) is 4.90 Å². The Kier molecular flexibility index (Phi) is 5.42. The summed E-state index contributed by atoms with van der Waals surface area (Å²) in [6.07, 6.45) is 5.60. The van der Waals surface area contributed by atoms with E-state index in [4.69, 9.17) is 4.42 Å². The largest absolute Gasteiger partial charge is 0.424 e. The fourth-order valence-electron chi connectivity index (χ4n) is 2.97. The fourth-order valence-corrected chi connectivity index (χ4v) is 4.31. The van der Waals surface area contributed by atoms with E-state index in [1.54, 1.807) is 0 Å². The average Bonchev–Trinajstić information content (AvgIpc) is 3.06. The van der Waals surface area contributed by atoms with Crippen LogP contribution in [0.4, 0.5) is 10.3 Å². The van der Waals surface area contributed by atoms with Crippen LogP contribution in [-0.2, 0) is 16.3 Å². The maximum atomic E-state index is 13.2. The van der Waals surface area contributed by atoms with Gasteiger partial charge in [0.05, 0.1) is 4.90 Å². The van der Waals surface area contributed by atoms with Crippen molar-refractivity contribution in [3.63, 3.8) is 0 Å². The molecule has 1 fully saturated rings. The van der Waals surface area contributed by atoms with Gasteiger partial charge in [0.15, 0.2) is 5.89 Å². The van der Waals surface area contributed by atoms with Crippen LogP contribution in [0.5, 0.6) is 0 Å². The topological polar surface area (TPSA) is 63.4 Å². The summed E-state index contributed by atoms with van der Waals surface area (Å²) in [4.78, 5) is 6.29. The predicted octanol–water partition coefficient (Wildman–Crippen LogP) is 3.98. The van der Waals surface area contributed by atoms with Crippen LogP contribution in [0.25, 0.3) is 0 Å². The number of aryl methyl sites for hydroxylation is 1. The summed E-state index contributed by atoms with van der Waals surface area (Å²) in [5, 5.41) is -0.0490. The molecular weight excluding hydrogens is 343 g/mol. The van der Waals surface area contributed by atoms with Crippen LogP contribution in [0, 0.1) is 5.82 Å². The van der Waals surface area contributed by atoms with Gasteiger partial charge in [-0.1, -0.05) is 13.3 Å². The number of aromatic nitrogens is 1. The summed E-state index contributed by atoms with van der Waals surface area (Å²) in [5.74, 6) is 0.303. The molecule has 0 radical (unpaired) electrons. The Balaban J connectivity index is 2.02. The lowest BCUT2D eigenvalue weighted by Gasteiger charge is -2.26. The molecule has 0 atom stereocenters. The zero-order chi connectivity index (χ0) is 17.9. The maximum absolute atomic E-state index is 13.2. The number of hydrogen-bond acceptors (Lipinski definition) is 5. The van der Waals surface area contributed by atoms with Crippen LogP contribution in [-0.4, -0.2) is 26.5 Å². The van der Waals surface area contributed by atoms with E-state index in [1.165, 1.54) is 12.1 Å². The number of nitrogens with zero attached hydrogens (tertiary/aromatic N) is 2. The van der Waals surface area contributed by atoms with Crippen LogP contribution >= 0.6 is 0 Å². The minimum absolute atomic E-state index is 0.0301. The first kappa shape index (κ1) is 17.9. The number of sulfone groups is 1. The molecule has 1 aliphatic heterocycles. The second-order valence-corrected chi connectivity index (χ2v) is 8.19. The third kappa shape index (κ3) is 3.86. The summed E-state index contributed by atoms with van der Waals surface area (Å²) in [7, 11) is -3.85. The number of anilines is 1. The van der Waals surface area contributed by atoms with Gasteiger partial charge in [0.1, 0.15) is 5.82 Å². The number of hydrogen-bond donors (Lipinski definition) is 0. The molecule has 0 N–H and O–H groups in total. The highest BCUT2D eigenvalue weighted by Gasteiger charge is 2.31. The smallest absolute Gasteiger partial charge is 0.236 e. The molecular formula is C18H23FN2O3S. The molecule has 3 rings (SSSR count). The molecule has 2 heterocycles. The monoisotopic (exact) mass is 366 g/mol. The molecule has 0 bridgehead atoms. The van der Waals surface area contributed by atoms with E-state index in [2.05, 4.69) is 11.9 Å². The Morgan fingerprint density at radius 1 is 1.16 bits per heavy atom. The predicted molar refractivity (Wildman–Crippen MR) is 93.0 cm³/mol. The van der Waals surface area contributed by atoms with Crippen molar-refractivity contribution >= 4 is 15.7 Å². The van der Waals surface area contributed by atoms with Gasteiger partial charge in [-0.2, -0.15) is 4.98 Å². The van der Waals surface area contributed by atoms with Crippen molar-refractivity contribution in [2.75, 3.05) is 18.0 Å². The summed E-state index contributed by atoms with van der Waals surface area (Å²) in [6.45, 7) is 3.58. The van der Waals surface area contributed by atoms with E-state index in [0.29, 0.717) is 18.2 Å². The molecule has 1 aromatic carbocycles. The SMILES string of the molecule is CCCCc1nc(S(=O)(=O)c2ccc(F)cc2)c(N2CCCCC2)o1. The molecule has 0 aliphatic carbocycles. The Labute approximate surface area is 147 Å². The molecule has 0 amide bonds. The first-order chi connectivity index (χ1) is 12.0. The normalized spacial score (nSPS) is 15.5. The zero-order valence-electron chi connectivity index (χ0n) is 14.4. The number of unbranched alkanes of at least 4 members (excludes halogenated alkanes) is 1. The van der Waals surface area contributed by atoms with E-state index in [9.17, 15) is 12.8 Å². The van der Waals surface area contributed by atoms with Crippen molar-refractivity contribution < 1.29 is 17.2 Å². The van der Waals surface area contributed by atoms with E-state index in [-0.39, 0.29) is 9.92 Å². The highest BCUT2D eigenvalue weighted by molar-refractivity contribution is 7.91. The van der Waals surface area contributed by atoms with Gasteiger partial charge in [-0.15, -0.1) is 0 Å². The van der Waals surface area contributed by atoms with Crippen molar-refractivity contribution in [3.05, 3.63) is 36.0 Å². The number of rotatable bonds is 6. The zero-order valence-corrected chi connectivity index (χ0v) is 15.2. The molecule has 0 spiro atoms. The molecule has 5 nitrogen and oxygen atoms in total. The van der Waals surface area contributed by atoms with Gasteiger partial charge < -0.3 is 9.32 Å². The second kappa shape index (κ2) is 7.56. The Bertz CT molecular complexity index is 809. The first-order valence-electron chi connectivity index (χ1n) is 8.77. The first-order valence-corrected chi connectivity index (χ1v) is 10.3. The quantitative estimate of drug-likeness (QED) is 0.724. The molecule has 0 unspecified atom stereocenters. The number of oxazole rings is 1. The summed E-state index contributed by atoms with van der Waals surface area (Å²) >= 11 is 0. The standard InChI is InChI=1S/C18H23FN2O3S/c1-2-3-7-16-20-17(18(24-16)21-12-5-4-6-13-21)25(22,23)15-10-8-14(19)9-11-15/h8-11H,2-7,12-13H2,1H3. The van der Waals surface area contributed by atoms with Gasteiger partial charge in [-0.3, -0.25) is 0 Å². The van der Waals surface area contributed by atoms with Crippen LogP contribution < -0.4 is 4.90 Å². The van der Waals surface area contributed by atoms with Crippen LogP contribution in [0.2, 0.25) is 0 Å². The Hall–Kier alpha value is -1.89. The van der Waals surface area contributed by atoms with Gasteiger partial charge >= 0.3 is 0 Å². The second-order valence-electron chi connectivity index (χ2n) is 6.33. The van der Waals surface area contributed by atoms with Crippen LogP contribution in [0.1, 0.15) is 44.9 Å². The number of piperidine rings is 1. The highest BCUT2D eigenvalue weighted by Crippen LogP contribution is 2.33. The molecule has 1 saturated heterocycles. The lowest BCUT2D eigenvalue weighted by molar-refractivity contribution is 0.457. The van der Waals surface area contributed by atoms with Crippen molar-refractivity contribution in [2.45, 2.75) is 55.4 Å². The Morgan fingerprint density at radius 2 is 1.84 bits per heavy atom. The Morgan fingerprint density at radius 3 is 2.48 bits per heavy atom. The van der Waals surface area contributed by atoms with Crippen LogP contribution in [0.15, 0.2) is 38.6 Å². The minimum Gasteiger partial charge on any atom is -0.424 e. The maximum Gasteiger partial charge on any atom is 0.236 e. The van der Waals surface area contributed by atoms with Gasteiger partial charge in [-0.05, 0) is 49.9 Å². The summed E-state index contributed by atoms with van der Waals surface area (Å²) in [5.41, 5.74) is 0. The van der Waals surface area contributed by atoms with Crippen molar-refractivity contribution in [2.24, 2.45) is 0 Å². The molecule has 1 aromatic heterocycles. The fraction of sp³-hybridized carbons (Fsp3) is 0.500. The van der Waals surface area contributed by atoms with Gasteiger partial charge in [0, 0.05) is 19.5 Å². The van der Waals surface area contributed by atoms with Crippen molar-refractivity contribution in [1.29, 1.82) is 0 Å². The van der Waals surface area contributed by atoms with Crippen molar-refractivity contribution in [3.8, 4) is 0 Å².